The molecule has 26 heavy (non-hydrogen) atoms. The van der Waals surface area contributed by atoms with E-state index in [4.69, 9.17) is 4.42 Å². The number of nitrogens with one attached hydrogen (secondary N) is 2. The molecule has 0 saturated heterocycles. The summed E-state index contributed by atoms with van der Waals surface area (Å²) in [6, 6.07) is 21.8. The Morgan fingerprint density at radius 3 is 2.54 bits per heavy atom. The Morgan fingerprint density at radius 2 is 1.77 bits per heavy atom. The van der Waals surface area contributed by atoms with Gasteiger partial charge < -0.3 is 14.3 Å². The van der Waals surface area contributed by atoms with Crippen LogP contribution in [0.5, 0.6) is 0 Å². The number of Topliss-reactive ketones (excluding diaryl/α,β-unsaturated/α-hetero) is 1. The van der Waals surface area contributed by atoms with Gasteiger partial charge in [0.05, 0.1) is 24.6 Å². The van der Waals surface area contributed by atoms with Crippen molar-refractivity contribution < 1.29 is 14.1 Å². The van der Waals surface area contributed by atoms with Crippen molar-refractivity contribution in [2.45, 2.75) is 6.54 Å². The van der Waals surface area contributed by atoms with Gasteiger partial charge >= 0.3 is 0 Å². The van der Waals surface area contributed by atoms with Crippen molar-refractivity contribution in [3.05, 3.63) is 84.3 Å². The van der Waals surface area contributed by atoms with Gasteiger partial charge in [0.15, 0.2) is 5.76 Å². The molecule has 0 amide bonds. The van der Waals surface area contributed by atoms with Gasteiger partial charge in [0.25, 0.3) is 0 Å². The maximum atomic E-state index is 13.2. The number of carbonyl (C=O) groups is 1. The summed E-state index contributed by atoms with van der Waals surface area (Å²) < 4.78 is 5.40. The first-order chi connectivity index (χ1) is 12.7. The van der Waals surface area contributed by atoms with Crippen LogP contribution in [0.3, 0.4) is 0 Å². The quantitative estimate of drug-likeness (QED) is 0.527. The summed E-state index contributed by atoms with van der Waals surface area (Å²) in [4.78, 5) is 17.7. The average molecular weight is 345 g/mol. The zero-order valence-electron chi connectivity index (χ0n) is 14.7. The number of aromatic amines is 1. The molecule has 0 aliphatic heterocycles. The number of hydrogen-bond donors (Lipinski definition) is 2. The van der Waals surface area contributed by atoms with Crippen LogP contribution in [0.4, 0.5) is 0 Å². The van der Waals surface area contributed by atoms with Gasteiger partial charge in [-0.2, -0.15) is 0 Å². The highest BCUT2D eigenvalue weighted by Crippen LogP contribution is 2.30. The molecule has 2 aromatic carbocycles. The molecule has 4 nitrogen and oxygen atoms in total. The largest absolute Gasteiger partial charge is 0.463 e. The van der Waals surface area contributed by atoms with Crippen LogP contribution in [0, 0.1) is 0 Å². The molecule has 0 spiro atoms. The number of para-hydroxylation sites is 1. The number of quaternary nitrogens is 1. The smallest absolute Gasteiger partial charge is 0.219 e. The Kier molecular flexibility index (Phi) is 4.42. The molecular weight excluding hydrogens is 324 g/mol. The Morgan fingerprint density at radius 1 is 1.00 bits per heavy atom. The molecule has 2 aromatic heterocycles. The Hall–Kier alpha value is -3.11. The van der Waals surface area contributed by atoms with Crippen molar-refractivity contribution >= 4 is 16.7 Å². The number of ketones is 1. The van der Waals surface area contributed by atoms with Crippen LogP contribution in [0.1, 0.15) is 16.1 Å². The predicted octanol–water partition coefficient (Wildman–Crippen LogP) is 3.33. The van der Waals surface area contributed by atoms with Crippen molar-refractivity contribution in [1.82, 2.24) is 4.98 Å². The summed E-state index contributed by atoms with van der Waals surface area (Å²) in [6.07, 6.45) is 1.66. The lowest BCUT2D eigenvalue weighted by Gasteiger charge is -2.12. The molecule has 1 unspecified atom stereocenters. The van der Waals surface area contributed by atoms with E-state index in [1.807, 2.05) is 73.8 Å². The molecule has 2 heterocycles. The van der Waals surface area contributed by atoms with Crippen LogP contribution in [0.15, 0.2) is 77.4 Å². The van der Waals surface area contributed by atoms with Crippen LogP contribution < -0.4 is 4.90 Å². The maximum absolute atomic E-state index is 13.2. The van der Waals surface area contributed by atoms with Crippen molar-refractivity contribution in [2.75, 3.05) is 13.6 Å². The van der Waals surface area contributed by atoms with E-state index in [0.717, 1.165) is 38.4 Å². The number of H-pyrrole nitrogens is 1. The lowest BCUT2D eigenvalue weighted by molar-refractivity contribution is -0.885. The molecule has 2 N–H and O–H groups in total. The van der Waals surface area contributed by atoms with E-state index in [2.05, 4.69) is 4.98 Å². The van der Waals surface area contributed by atoms with Crippen LogP contribution in [-0.4, -0.2) is 24.4 Å². The van der Waals surface area contributed by atoms with Gasteiger partial charge in [-0.1, -0.05) is 48.5 Å². The highest BCUT2D eigenvalue weighted by atomic mass is 16.3. The zero-order valence-corrected chi connectivity index (χ0v) is 14.7. The van der Waals surface area contributed by atoms with Gasteiger partial charge in [-0.3, -0.25) is 4.79 Å². The summed E-state index contributed by atoms with van der Waals surface area (Å²) in [5, 5.41) is 0.974. The number of carbonyl (C=O) groups excluding carboxylic acids is 1. The summed E-state index contributed by atoms with van der Waals surface area (Å²) >= 11 is 0. The monoisotopic (exact) mass is 345 g/mol. The van der Waals surface area contributed by atoms with Crippen molar-refractivity contribution in [1.29, 1.82) is 0 Å². The minimum absolute atomic E-state index is 0.130. The fourth-order valence-corrected chi connectivity index (χ4v) is 3.39. The van der Waals surface area contributed by atoms with Crippen LogP contribution >= 0.6 is 0 Å². The molecule has 1 atom stereocenters. The average Bonchev–Trinajstić information content (AvgIpc) is 3.29. The van der Waals surface area contributed by atoms with Crippen LogP contribution in [-0.2, 0) is 6.54 Å². The first-order valence-corrected chi connectivity index (χ1v) is 8.75. The lowest BCUT2D eigenvalue weighted by atomic mass is 10.0. The standard InChI is InChI=1S/C22H20N2O2/c1-24(14-17-10-7-13-26-17)15-20(25)21-18-11-5-6-12-19(18)23-22(21)16-8-3-2-4-9-16/h2-13,23H,14-15H2,1H3/p+1. The number of aromatic nitrogens is 1. The van der Waals surface area contributed by atoms with E-state index in [1.165, 1.54) is 0 Å². The molecule has 0 fully saturated rings. The van der Waals surface area contributed by atoms with Gasteiger partial charge in [-0.25, -0.2) is 0 Å². The molecule has 0 aliphatic carbocycles. The minimum Gasteiger partial charge on any atom is -0.463 e. The molecule has 4 aromatic rings. The first-order valence-electron chi connectivity index (χ1n) is 8.75. The highest BCUT2D eigenvalue weighted by molar-refractivity contribution is 6.13. The second kappa shape index (κ2) is 7.02. The third kappa shape index (κ3) is 3.19. The predicted molar refractivity (Wildman–Crippen MR) is 102 cm³/mol. The summed E-state index contributed by atoms with van der Waals surface area (Å²) in [7, 11) is 2.01. The molecule has 4 heteroatoms. The molecule has 4 rings (SSSR count). The number of fused-ring (bicyclic) bond motifs is 1. The third-order valence-corrected chi connectivity index (χ3v) is 4.57. The molecule has 0 bridgehead atoms. The fraction of sp³-hybridized carbons (Fsp3) is 0.136. The Bertz CT molecular complexity index is 1020. The summed E-state index contributed by atoms with van der Waals surface area (Å²) in [5.41, 5.74) is 3.67. The van der Waals surface area contributed by atoms with E-state index in [9.17, 15) is 4.79 Å². The normalized spacial score (nSPS) is 12.3. The second-order valence-electron chi connectivity index (χ2n) is 6.60. The van der Waals surface area contributed by atoms with E-state index >= 15 is 0 Å². The zero-order chi connectivity index (χ0) is 17.9. The molecule has 0 saturated carbocycles. The number of furan rings is 1. The molecule has 0 radical (unpaired) electrons. The second-order valence-corrected chi connectivity index (χ2v) is 6.60. The van der Waals surface area contributed by atoms with Crippen molar-refractivity contribution in [3.63, 3.8) is 0 Å². The van der Waals surface area contributed by atoms with E-state index in [-0.39, 0.29) is 5.78 Å². The van der Waals surface area contributed by atoms with Gasteiger partial charge in [0.1, 0.15) is 13.1 Å². The third-order valence-electron chi connectivity index (χ3n) is 4.57. The first kappa shape index (κ1) is 16.4. The van der Waals surface area contributed by atoms with Gasteiger partial charge in [-0.15, -0.1) is 0 Å². The number of hydrogen-bond acceptors (Lipinski definition) is 2. The van der Waals surface area contributed by atoms with Crippen LogP contribution in [0.25, 0.3) is 22.2 Å². The number of likely N-dealkylation sites (N-methyl/N-ethyl adjacent to an activating group) is 1. The van der Waals surface area contributed by atoms with E-state index in [1.54, 1.807) is 6.26 Å². The van der Waals surface area contributed by atoms with E-state index < -0.39 is 0 Å². The van der Waals surface area contributed by atoms with Gasteiger partial charge in [0, 0.05) is 10.9 Å². The summed E-state index contributed by atoms with van der Waals surface area (Å²) in [6.45, 7) is 1.09. The van der Waals surface area contributed by atoms with Gasteiger partial charge in [0.2, 0.25) is 5.78 Å². The Labute approximate surface area is 152 Å². The maximum Gasteiger partial charge on any atom is 0.219 e. The summed E-state index contributed by atoms with van der Waals surface area (Å²) in [5.74, 6) is 1.02. The Balaban J connectivity index is 1.69. The molecule has 130 valence electrons. The molecular formula is C22H21N2O2+. The lowest BCUT2D eigenvalue weighted by Crippen LogP contribution is -3.08. The van der Waals surface area contributed by atoms with Crippen molar-refractivity contribution in [2.24, 2.45) is 0 Å². The topological polar surface area (TPSA) is 50.4 Å². The molecule has 0 aliphatic rings. The van der Waals surface area contributed by atoms with Crippen molar-refractivity contribution in [3.8, 4) is 11.3 Å². The van der Waals surface area contributed by atoms with Gasteiger partial charge in [-0.05, 0) is 23.8 Å². The highest BCUT2D eigenvalue weighted by Gasteiger charge is 2.22. The SMILES string of the molecule is C[NH+](CC(=O)c1c(-c2ccccc2)[nH]c2ccccc12)Cc1ccco1. The number of benzene rings is 2. The van der Waals surface area contributed by atoms with E-state index in [0.29, 0.717) is 13.1 Å². The van der Waals surface area contributed by atoms with Crippen LogP contribution in [0.2, 0.25) is 0 Å². The minimum atomic E-state index is 0.130. The fourth-order valence-electron chi connectivity index (χ4n) is 3.39. The number of rotatable bonds is 6.